The number of aromatic nitrogens is 2. The second-order valence-corrected chi connectivity index (χ2v) is 6.96. The molecule has 2 aromatic rings. The SMILES string of the molecule is CC1CC(C(=O)O)CC(Cc2nc(Nc3nccs3)ccc2F)N1. The van der Waals surface area contributed by atoms with E-state index < -0.39 is 11.9 Å². The van der Waals surface area contributed by atoms with Gasteiger partial charge in [-0.05, 0) is 31.9 Å². The molecule has 0 spiro atoms. The minimum absolute atomic E-state index is 0.0875. The Morgan fingerprint density at radius 1 is 1.50 bits per heavy atom. The summed E-state index contributed by atoms with van der Waals surface area (Å²) in [4.78, 5) is 19.7. The van der Waals surface area contributed by atoms with Gasteiger partial charge in [0, 0.05) is 30.1 Å². The number of aliphatic carboxylic acids is 1. The van der Waals surface area contributed by atoms with E-state index in [1.807, 2.05) is 12.3 Å². The molecule has 2 aromatic heterocycles. The number of nitrogens with zero attached hydrogens (tertiary/aromatic N) is 2. The molecule has 0 bridgehead atoms. The Morgan fingerprint density at radius 2 is 2.33 bits per heavy atom. The van der Waals surface area contributed by atoms with E-state index in [0.717, 1.165) is 0 Å². The average Bonchev–Trinajstić information content (AvgIpc) is 3.03. The van der Waals surface area contributed by atoms with Crippen LogP contribution in [0, 0.1) is 11.7 Å². The number of halogens is 1. The van der Waals surface area contributed by atoms with E-state index in [1.165, 1.54) is 17.4 Å². The van der Waals surface area contributed by atoms with Crippen LogP contribution in [0.4, 0.5) is 15.3 Å². The Balaban J connectivity index is 1.72. The summed E-state index contributed by atoms with van der Waals surface area (Å²) in [6.45, 7) is 1.95. The monoisotopic (exact) mass is 350 g/mol. The molecule has 1 saturated heterocycles. The summed E-state index contributed by atoms with van der Waals surface area (Å²) in [5.74, 6) is -1.04. The molecule has 3 unspecified atom stereocenters. The molecule has 3 atom stereocenters. The Morgan fingerprint density at radius 3 is 3.04 bits per heavy atom. The van der Waals surface area contributed by atoms with Crippen LogP contribution in [0.25, 0.3) is 0 Å². The van der Waals surface area contributed by atoms with Crippen LogP contribution >= 0.6 is 11.3 Å². The number of thiazole rings is 1. The molecular weight excluding hydrogens is 331 g/mol. The Bertz CT molecular complexity index is 710. The van der Waals surface area contributed by atoms with E-state index in [2.05, 4.69) is 20.6 Å². The highest BCUT2D eigenvalue weighted by Gasteiger charge is 2.31. The number of hydrogen-bond acceptors (Lipinski definition) is 6. The zero-order valence-corrected chi connectivity index (χ0v) is 14.0. The van der Waals surface area contributed by atoms with Gasteiger partial charge in [0.1, 0.15) is 11.6 Å². The van der Waals surface area contributed by atoms with E-state index in [0.29, 0.717) is 35.9 Å². The third-order valence-electron chi connectivity index (χ3n) is 4.10. The zero-order valence-electron chi connectivity index (χ0n) is 13.2. The minimum Gasteiger partial charge on any atom is -0.481 e. The van der Waals surface area contributed by atoms with E-state index in [9.17, 15) is 14.3 Å². The Hall–Kier alpha value is -2.06. The van der Waals surface area contributed by atoms with Crippen molar-refractivity contribution in [2.45, 2.75) is 38.3 Å². The first-order valence-electron chi connectivity index (χ1n) is 7.82. The molecule has 0 radical (unpaired) electrons. The molecule has 0 aliphatic carbocycles. The van der Waals surface area contributed by atoms with Crippen LogP contribution in [0.2, 0.25) is 0 Å². The number of piperidine rings is 1. The highest BCUT2D eigenvalue weighted by atomic mass is 32.1. The van der Waals surface area contributed by atoms with Crippen molar-refractivity contribution in [1.82, 2.24) is 15.3 Å². The van der Waals surface area contributed by atoms with E-state index >= 15 is 0 Å². The molecule has 3 rings (SSSR count). The van der Waals surface area contributed by atoms with Crippen LogP contribution in [-0.4, -0.2) is 33.1 Å². The molecule has 3 heterocycles. The summed E-state index contributed by atoms with van der Waals surface area (Å²) in [5, 5.41) is 18.2. The van der Waals surface area contributed by atoms with Gasteiger partial charge in [-0.3, -0.25) is 4.79 Å². The third kappa shape index (κ3) is 4.07. The lowest BCUT2D eigenvalue weighted by molar-refractivity contribution is -0.143. The number of carboxylic acid groups (broad SMARTS) is 1. The molecule has 3 N–H and O–H groups in total. The van der Waals surface area contributed by atoms with Crippen molar-refractivity contribution in [3.63, 3.8) is 0 Å². The fourth-order valence-corrected chi connectivity index (χ4v) is 3.61. The van der Waals surface area contributed by atoms with Gasteiger partial charge in [-0.15, -0.1) is 11.3 Å². The fraction of sp³-hybridized carbons (Fsp3) is 0.438. The van der Waals surface area contributed by atoms with Gasteiger partial charge in [0.2, 0.25) is 0 Å². The van der Waals surface area contributed by atoms with Crippen molar-refractivity contribution in [2.24, 2.45) is 5.92 Å². The molecule has 1 aliphatic heterocycles. The number of pyridine rings is 1. The predicted molar refractivity (Wildman–Crippen MR) is 90.0 cm³/mol. The maximum atomic E-state index is 14.1. The van der Waals surface area contributed by atoms with Crippen molar-refractivity contribution in [3.8, 4) is 0 Å². The molecule has 0 aromatic carbocycles. The first-order chi connectivity index (χ1) is 11.5. The van der Waals surface area contributed by atoms with Crippen LogP contribution in [0.3, 0.4) is 0 Å². The van der Waals surface area contributed by atoms with Crippen molar-refractivity contribution < 1.29 is 14.3 Å². The maximum Gasteiger partial charge on any atom is 0.306 e. The summed E-state index contributed by atoms with van der Waals surface area (Å²) in [6, 6.07) is 2.92. The van der Waals surface area contributed by atoms with Crippen molar-refractivity contribution in [3.05, 3.63) is 35.2 Å². The first kappa shape index (κ1) is 16.8. The van der Waals surface area contributed by atoms with Gasteiger partial charge in [-0.25, -0.2) is 14.4 Å². The topological polar surface area (TPSA) is 87.1 Å². The van der Waals surface area contributed by atoms with Gasteiger partial charge in [-0.1, -0.05) is 0 Å². The lowest BCUT2D eigenvalue weighted by Gasteiger charge is -2.32. The molecule has 1 aliphatic rings. The molecule has 24 heavy (non-hydrogen) atoms. The maximum absolute atomic E-state index is 14.1. The van der Waals surface area contributed by atoms with Crippen LogP contribution in [-0.2, 0) is 11.2 Å². The summed E-state index contributed by atoms with van der Waals surface area (Å²) < 4.78 is 14.1. The Kier molecular flexibility index (Phi) is 5.06. The fourth-order valence-electron chi connectivity index (χ4n) is 3.07. The highest BCUT2D eigenvalue weighted by Crippen LogP contribution is 2.24. The van der Waals surface area contributed by atoms with Gasteiger partial charge in [0.25, 0.3) is 0 Å². The molecular formula is C16H19FN4O2S. The van der Waals surface area contributed by atoms with Crippen molar-refractivity contribution in [1.29, 1.82) is 0 Å². The number of anilines is 2. The predicted octanol–water partition coefficient (Wildman–Crippen LogP) is 2.80. The van der Waals surface area contributed by atoms with E-state index in [1.54, 1.807) is 12.3 Å². The van der Waals surface area contributed by atoms with E-state index in [-0.39, 0.29) is 17.9 Å². The normalized spacial score (nSPS) is 23.8. The van der Waals surface area contributed by atoms with Gasteiger partial charge in [-0.2, -0.15) is 0 Å². The van der Waals surface area contributed by atoms with Gasteiger partial charge < -0.3 is 15.7 Å². The highest BCUT2D eigenvalue weighted by molar-refractivity contribution is 7.13. The van der Waals surface area contributed by atoms with Crippen LogP contribution in [0.5, 0.6) is 0 Å². The molecule has 0 amide bonds. The minimum atomic E-state index is -0.791. The molecule has 1 fully saturated rings. The van der Waals surface area contributed by atoms with Crippen molar-refractivity contribution in [2.75, 3.05) is 5.32 Å². The second-order valence-electron chi connectivity index (χ2n) is 6.06. The Labute approximate surface area is 143 Å². The average molecular weight is 350 g/mol. The third-order valence-corrected chi connectivity index (χ3v) is 4.79. The lowest BCUT2D eigenvalue weighted by atomic mass is 9.86. The van der Waals surface area contributed by atoms with E-state index in [4.69, 9.17) is 0 Å². The van der Waals surface area contributed by atoms with Gasteiger partial charge >= 0.3 is 5.97 Å². The number of hydrogen-bond donors (Lipinski definition) is 3. The quantitative estimate of drug-likeness (QED) is 0.769. The number of carboxylic acids is 1. The zero-order chi connectivity index (χ0) is 17.1. The van der Waals surface area contributed by atoms with Crippen LogP contribution < -0.4 is 10.6 Å². The van der Waals surface area contributed by atoms with Crippen molar-refractivity contribution >= 4 is 28.3 Å². The molecule has 128 valence electrons. The molecule has 0 saturated carbocycles. The van der Waals surface area contributed by atoms with Gasteiger partial charge in [0.15, 0.2) is 5.13 Å². The number of nitrogens with one attached hydrogen (secondary N) is 2. The van der Waals surface area contributed by atoms with Gasteiger partial charge in [0.05, 0.1) is 11.6 Å². The standard InChI is InChI=1S/C16H19FN4O2S/c1-9-6-10(15(22)23)7-11(19-9)8-13-12(17)2-3-14(20-13)21-16-18-4-5-24-16/h2-5,9-11,19H,6-8H2,1H3,(H,22,23)(H,18,20,21). The molecule has 6 nitrogen and oxygen atoms in total. The smallest absolute Gasteiger partial charge is 0.306 e. The van der Waals surface area contributed by atoms with Crippen LogP contribution in [0.15, 0.2) is 23.7 Å². The number of rotatable bonds is 5. The summed E-state index contributed by atoms with van der Waals surface area (Å²) >= 11 is 1.43. The largest absolute Gasteiger partial charge is 0.481 e. The second kappa shape index (κ2) is 7.23. The summed E-state index contributed by atoms with van der Waals surface area (Å²) in [5.41, 5.74) is 0.326. The first-order valence-corrected chi connectivity index (χ1v) is 8.70. The van der Waals surface area contributed by atoms with Crippen LogP contribution in [0.1, 0.15) is 25.5 Å². The summed E-state index contributed by atoms with van der Waals surface area (Å²) in [7, 11) is 0. The summed E-state index contributed by atoms with van der Waals surface area (Å²) in [6.07, 6.45) is 3.10. The molecule has 8 heteroatoms. The number of carbonyl (C=O) groups is 1. The lowest BCUT2D eigenvalue weighted by Crippen LogP contribution is -2.47.